The van der Waals surface area contributed by atoms with Crippen molar-refractivity contribution in [3.05, 3.63) is 0 Å². The van der Waals surface area contributed by atoms with Crippen molar-refractivity contribution in [2.45, 2.75) is 77.8 Å². The van der Waals surface area contributed by atoms with Gasteiger partial charge in [0.1, 0.15) is 12.1 Å². The zero-order valence-corrected chi connectivity index (χ0v) is 13.7. The summed E-state index contributed by atoms with van der Waals surface area (Å²) in [6.07, 6.45) is 7.62. The minimum atomic E-state index is -0.265. The second-order valence-corrected chi connectivity index (χ2v) is 6.75. The summed E-state index contributed by atoms with van der Waals surface area (Å²) in [7, 11) is 0. The Bertz CT molecular complexity index is 379. The minimum absolute atomic E-state index is 0.0661. The number of piperazine rings is 1. The van der Waals surface area contributed by atoms with E-state index < -0.39 is 0 Å². The topological polar surface area (TPSA) is 49.4 Å². The van der Waals surface area contributed by atoms with E-state index in [1.54, 1.807) is 0 Å². The van der Waals surface area contributed by atoms with Gasteiger partial charge in [-0.3, -0.25) is 9.59 Å². The summed E-state index contributed by atoms with van der Waals surface area (Å²) in [6.45, 7) is 7.09. The molecule has 0 spiro atoms. The van der Waals surface area contributed by atoms with Gasteiger partial charge >= 0.3 is 0 Å². The first-order valence-corrected chi connectivity index (χ1v) is 8.71. The van der Waals surface area contributed by atoms with Crippen LogP contribution in [0.25, 0.3) is 0 Å². The molecule has 1 N–H and O–H groups in total. The van der Waals surface area contributed by atoms with E-state index in [4.69, 9.17) is 0 Å². The van der Waals surface area contributed by atoms with Gasteiger partial charge in [-0.05, 0) is 31.1 Å². The van der Waals surface area contributed by atoms with E-state index in [1.807, 2.05) is 4.90 Å². The number of hydrogen-bond donors (Lipinski definition) is 1. The molecule has 3 unspecified atom stereocenters. The van der Waals surface area contributed by atoms with Gasteiger partial charge in [0.2, 0.25) is 11.8 Å². The Balaban J connectivity index is 2.06. The number of rotatable bonds is 8. The van der Waals surface area contributed by atoms with Crippen molar-refractivity contribution in [2.75, 3.05) is 6.54 Å². The Kier molecular flexibility index (Phi) is 5.65. The smallest absolute Gasteiger partial charge is 0.246 e. The van der Waals surface area contributed by atoms with E-state index in [2.05, 4.69) is 26.1 Å². The third-order valence-corrected chi connectivity index (χ3v) is 4.98. The van der Waals surface area contributed by atoms with Gasteiger partial charge in [-0.2, -0.15) is 0 Å². The van der Waals surface area contributed by atoms with Gasteiger partial charge in [0, 0.05) is 6.54 Å². The molecule has 1 heterocycles. The number of nitrogens with zero attached hydrogens (tertiary/aromatic N) is 1. The molecule has 4 heteroatoms. The molecule has 1 aliphatic carbocycles. The number of unbranched alkanes of at least 4 members (excludes halogenated alkanes) is 3. The summed E-state index contributed by atoms with van der Waals surface area (Å²) < 4.78 is 0. The molecular weight excluding hydrogens is 264 g/mol. The molecule has 0 radical (unpaired) electrons. The predicted octanol–water partition coefficient (Wildman–Crippen LogP) is 2.72. The van der Waals surface area contributed by atoms with Gasteiger partial charge in [-0.15, -0.1) is 0 Å². The molecule has 2 rings (SSSR count). The largest absolute Gasteiger partial charge is 0.342 e. The van der Waals surface area contributed by atoms with E-state index in [0.717, 1.165) is 38.6 Å². The van der Waals surface area contributed by atoms with Gasteiger partial charge in [-0.25, -0.2) is 0 Å². The van der Waals surface area contributed by atoms with Crippen LogP contribution in [0, 0.1) is 11.8 Å². The molecule has 21 heavy (non-hydrogen) atoms. The van der Waals surface area contributed by atoms with Crippen molar-refractivity contribution in [2.24, 2.45) is 11.8 Å². The van der Waals surface area contributed by atoms with Crippen LogP contribution < -0.4 is 5.32 Å². The average Bonchev–Trinajstić information content (AvgIpc) is 3.30. The highest BCUT2D eigenvalue weighted by Crippen LogP contribution is 2.36. The standard InChI is InChI=1S/C17H30N2O2/c1-4-6-7-8-11-19-15(12(3)5-2)16(20)18-14(17(19)21)13-9-10-13/h12-15H,4-11H2,1-3H3,(H,18,20). The number of carbonyl (C=O) groups is 2. The summed E-state index contributed by atoms with van der Waals surface area (Å²) in [5.74, 6) is 0.841. The fraction of sp³-hybridized carbons (Fsp3) is 0.882. The lowest BCUT2D eigenvalue weighted by Crippen LogP contribution is -2.65. The van der Waals surface area contributed by atoms with E-state index >= 15 is 0 Å². The highest BCUT2D eigenvalue weighted by atomic mass is 16.2. The van der Waals surface area contributed by atoms with Crippen LogP contribution in [0.4, 0.5) is 0 Å². The third kappa shape index (κ3) is 3.78. The quantitative estimate of drug-likeness (QED) is 0.700. The van der Waals surface area contributed by atoms with Crippen LogP contribution in [0.5, 0.6) is 0 Å². The van der Waals surface area contributed by atoms with E-state index in [0.29, 0.717) is 5.92 Å². The van der Waals surface area contributed by atoms with Crippen LogP contribution in [-0.4, -0.2) is 35.3 Å². The normalized spacial score (nSPS) is 27.7. The molecule has 2 aliphatic rings. The molecule has 0 aromatic carbocycles. The van der Waals surface area contributed by atoms with Crippen LogP contribution in [0.3, 0.4) is 0 Å². The van der Waals surface area contributed by atoms with Crippen LogP contribution in [0.1, 0.15) is 65.7 Å². The van der Waals surface area contributed by atoms with Gasteiger partial charge in [-0.1, -0.05) is 46.5 Å². The maximum Gasteiger partial charge on any atom is 0.246 e. The maximum absolute atomic E-state index is 12.8. The summed E-state index contributed by atoms with van der Waals surface area (Å²) in [5.41, 5.74) is 0. The van der Waals surface area contributed by atoms with Crippen molar-refractivity contribution >= 4 is 11.8 Å². The molecule has 3 atom stereocenters. The Labute approximate surface area is 128 Å². The van der Waals surface area contributed by atoms with Crippen LogP contribution in [0.2, 0.25) is 0 Å². The first-order chi connectivity index (χ1) is 10.1. The van der Waals surface area contributed by atoms with Crippen molar-refractivity contribution in [1.82, 2.24) is 10.2 Å². The fourth-order valence-electron chi connectivity index (χ4n) is 3.25. The molecule has 1 saturated carbocycles. The molecule has 2 fully saturated rings. The SMILES string of the molecule is CCCCCCN1C(=O)C(C2CC2)NC(=O)C1C(C)CC. The van der Waals surface area contributed by atoms with E-state index in [9.17, 15) is 9.59 Å². The lowest BCUT2D eigenvalue weighted by atomic mass is 9.92. The van der Waals surface area contributed by atoms with Crippen LogP contribution in [-0.2, 0) is 9.59 Å². The van der Waals surface area contributed by atoms with Crippen molar-refractivity contribution in [1.29, 1.82) is 0 Å². The first-order valence-electron chi connectivity index (χ1n) is 8.71. The molecular formula is C17H30N2O2. The molecule has 0 aromatic heterocycles. The van der Waals surface area contributed by atoms with Gasteiger partial charge in [0.15, 0.2) is 0 Å². The van der Waals surface area contributed by atoms with Gasteiger partial charge in [0.05, 0.1) is 0 Å². The second-order valence-electron chi connectivity index (χ2n) is 6.75. The monoisotopic (exact) mass is 294 g/mol. The van der Waals surface area contributed by atoms with Crippen LogP contribution in [0.15, 0.2) is 0 Å². The highest BCUT2D eigenvalue weighted by Gasteiger charge is 2.47. The number of nitrogens with one attached hydrogen (secondary N) is 1. The Morgan fingerprint density at radius 1 is 1.19 bits per heavy atom. The first kappa shape index (κ1) is 16.3. The lowest BCUT2D eigenvalue weighted by Gasteiger charge is -2.41. The third-order valence-electron chi connectivity index (χ3n) is 4.98. The van der Waals surface area contributed by atoms with Crippen molar-refractivity contribution in [3.63, 3.8) is 0 Å². The average molecular weight is 294 g/mol. The number of amides is 2. The molecule has 120 valence electrons. The Morgan fingerprint density at radius 2 is 1.90 bits per heavy atom. The van der Waals surface area contributed by atoms with Crippen LogP contribution >= 0.6 is 0 Å². The highest BCUT2D eigenvalue weighted by molar-refractivity contribution is 5.97. The minimum Gasteiger partial charge on any atom is -0.342 e. The summed E-state index contributed by atoms with van der Waals surface area (Å²) in [4.78, 5) is 27.1. The van der Waals surface area contributed by atoms with Gasteiger partial charge < -0.3 is 10.2 Å². The zero-order chi connectivity index (χ0) is 15.4. The lowest BCUT2D eigenvalue weighted by molar-refractivity contribution is -0.152. The molecule has 0 aromatic rings. The van der Waals surface area contributed by atoms with E-state index in [1.165, 1.54) is 12.8 Å². The molecule has 4 nitrogen and oxygen atoms in total. The number of hydrogen-bond acceptors (Lipinski definition) is 2. The summed E-state index contributed by atoms with van der Waals surface area (Å²) >= 11 is 0. The molecule has 1 saturated heterocycles. The zero-order valence-electron chi connectivity index (χ0n) is 13.7. The predicted molar refractivity (Wildman–Crippen MR) is 83.8 cm³/mol. The number of carbonyl (C=O) groups excluding carboxylic acids is 2. The summed E-state index contributed by atoms with van der Waals surface area (Å²) in [6, 6.07) is -0.511. The maximum atomic E-state index is 12.8. The Morgan fingerprint density at radius 3 is 2.48 bits per heavy atom. The molecule has 1 aliphatic heterocycles. The van der Waals surface area contributed by atoms with E-state index in [-0.39, 0.29) is 29.8 Å². The molecule has 0 bridgehead atoms. The molecule has 2 amide bonds. The fourth-order valence-corrected chi connectivity index (χ4v) is 3.25. The summed E-state index contributed by atoms with van der Waals surface area (Å²) in [5, 5.41) is 2.99. The second kappa shape index (κ2) is 7.28. The van der Waals surface area contributed by atoms with Crippen molar-refractivity contribution in [3.8, 4) is 0 Å². The Hall–Kier alpha value is -1.06. The van der Waals surface area contributed by atoms with Gasteiger partial charge in [0.25, 0.3) is 0 Å². The van der Waals surface area contributed by atoms with Crippen molar-refractivity contribution < 1.29 is 9.59 Å².